The number of hydrogen-bond donors (Lipinski definition) is 2. The molecule has 6 aromatic carbocycles. The second-order valence-electron chi connectivity index (χ2n) is 17.1. The summed E-state index contributed by atoms with van der Waals surface area (Å²) in [7, 11) is -8.22. The van der Waals surface area contributed by atoms with Crippen molar-refractivity contribution in [3.05, 3.63) is 189 Å². The van der Waals surface area contributed by atoms with Crippen LogP contribution in [0.1, 0.15) is 22.3 Å². The number of ether oxygens (including phenoxy) is 2. The van der Waals surface area contributed by atoms with Gasteiger partial charge in [-0.25, -0.2) is 55.5 Å². The Balaban J connectivity index is 0.000000224. The first-order chi connectivity index (χ1) is 36.3. The van der Waals surface area contributed by atoms with E-state index < -0.39 is 75.4 Å². The van der Waals surface area contributed by atoms with Gasteiger partial charge >= 0.3 is 24.7 Å². The van der Waals surface area contributed by atoms with Gasteiger partial charge in [-0.2, -0.15) is 17.6 Å². The maximum atomic E-state index is 14.0. The zero-order chi connectivity index (χ0) is 55.9. The van der Waals surface area contributed by atoms with Gasteiger partial charge in [0.25, 0.3) is 20.0 Å². The fourth-order valence-corrected chi connectivity index (χ4v) is 10.9. The van der Waals surface area contributed by atoms with E-state index in [1.807, 2.05) is 0 Å². The molecule has 0 unspecified atom stereocenters. The van der Waals surface area contributed by atoms with Gasteiger partial charge in [-0.15, -0.1) is 0 Å². The number of rotatable bonds is 22. The van der Waals surface area contributed by atoms with Crippen LogP contribution >= 0.6 is 27.5 Å². The first kappa shape index (κ1) is 58.5. The number of fused-ring (bicyclic) bond motifs is 2. The molecule has 0 aliphatic rings. The molecule has 8 rings (SSSR count). The van der Waals surface area contributed by atoms with Crippen LogP contribution in [0.5, 0.6) is 11.5 Å². The Kier molecular flexibility index (Phi) is 18.7. The Hall–Kier alpha value is -6.18. The van der Waals surface area contributed by atoms with E-state index in [1.54, 1.807) is 30.3 Å². The van der Waals surface area contributed by atoms with E-state index >= 15 is 0 Å². The van der Waals surface area contributed by atoms with Crippen LogP contribution in [0, 0.1) is 17.5 Å². The second-order valence-corrected chi connectivity index (χ2v) is 22.1. The van der Waals surface area contributed by atoms with Crippen LogP contribution in [0.2, 0.25) is 5.02 Å². The van der Waals surface area contributed by atoms with Gasteiger partial charge in [-0.3, -0.25) is 0 Å². The summed E-state index contributed by atoms with van der Waals surface area (Å²) in [5.74, 6) is -10.5. The number of aromatic nitrogens is 2. The molecule has 0 saturated heterocycles. The monoisotopic (exact) mass is 1210 g/mol. The number of hydrogen-bond acceptors (Lipinski definition) is 8. The zero-order valence-electron chi connectivity index (χ0n) is 39.7. The molecule has 25 heteroatoms. The van der Waals surface area contributed by atoms with E-state index in [9.17, 15) is 65.1 Å². The van der Waals surface area contributed by atoms with E-state index in [-0.39, 0.29) is 43.9 Å². The molecule has 8 aromatic rings. The van der Waals surface area contributed by atoms with Gasteiger partial charge in [0.2, 0.25) is 0 Å². The molecular weight excluding hydrogens is 1170 g/mol. The SMILES string of the molecule is O=S(=O)(c1ccc(Br)cc1)n1cc(CCNCc2cccc(OCC(F)(F)C(F)F)c2)c2ccc(F)cc21.O=S(=O)(c1ccc(F)c(Cl)c1)n1cc(CCNCc2cccc(OCC(F)(F)C(F)F)c2)c2ccc(F)cc21. The summed E-state index contributed by atoms with van der Waals surface area (Å²) < 4.78 is 209. The minimum Gasteiger partial charge on any atom is -0.487 e. The van der Waals surface area contributed by atoms with Crippen molar-refractivity contribution >= 4 is 69.4 Å². The van der Waals surface area contributed by atoms with Crippen LogP contribution in [-0.4, -0.2) is 75.8 Å². The van der Waals surface area contributed by atoms with Crippen LogP contribution in [0.25, 0.3) is 21.8 Å². The summed E-state index contributed by atoms with van der Waals surface area (Å²) in [6.45, 7) is -1.57. The maximum Gasteiger partial charge on any atom is 0.340 e. The molecule has 2 heterocycles. The highest BCUT2D eigenvalue weighted by atomic mass is 79.9. The van der Waals surface area contributed by atoms with Crippen molar-refractivity contribution in [2.45, 2.75) is 60.4 Å². The molecule has 0 aliphatic carbocycles. The fraction of sp³-hybridized carbons (Fsp3) is 0.231. The molecule has 0 spiro atoms. The van der Waals surface area contributed by atoms with Crippen LogP contribution < -0.4 is 20.1 Å². The Morgan fingerprint density at radius 2 is 0.987 bits per heavy atom. The topological polar surface area (TPSA) is 121 Å². The molecule has 77 heavy (non-hydrogen) atoms. The number of nitrogens with one attached hydrogen (secondary N) is 2. The van der Waals surface area contributed by atoms with Crippen LogP contribution in [-0.2, 0) is 46.0 Å². The van der Waals surface area contributed by atoms with E-state index in [0.717, 1.165) is 36.7 Å². The molecule has 2 aromatic heterocycles. The van der Waals surface area contributed by atoms with Gasteiger partial charge < -0.3 is 20.1 Å². The third-order valence-corrected chi connectivity index (χ3v) is 15.7. The number of alkyl halides is 8. The first-order valence-electron chi connectivity index (χ1n) is 22.8. The molecule has 0 radical (unpaired) electrons. The summed E-state index contributed by atoms with van der Waals surface area (Å²) in [6, 6.07) is 28.9. The van der Waals surface area contributed by atoms with Gasteiger partial charge in [0.1, 0.15) is 29.0 Å². The summed E-state index contributed by atoms with van der Waals surface area (Å²) >= 11 is 9.04. The van der Waals surface area contributed by atoms with Crippen LogP contribution in [0.3, 0.4) is 0 Å². The van der Waals surface area contributed by atoms with Crippen molar-refractivity contribution in [2.24, 2.45) is 0 Å². The average molecular weight is 1210 g/mol. The number of benzene rings is 6. The maximum absolute atomic E-state index is 14.0. The molecule has 0 bridgehead atoms. The van der Waals surface area contributed by atoms with E-state index in [4.69, 9.17) is 21.1 Å². The van der Waals surface area contributed by atoms with Gasteiger partial charge in [0.15, 0.2) is 13.2 Å². The average Bonchev–Trinajstić information content (AvgIpc) is 3.96. The predicted molar refractivity (Wildman–Crippen MR) is 271 cm³/mol. The molecular formula is C52H43BrClF11N4O6S2. The van der Waals surface area contributed by atoms with Gasteiger partial charge in [-0.1, -0.05) is 51.8 Å². The lowest BCUT2D eigenvalue weighted by molar-refractivity contribution is -0.148. The van der Waals surface area contributed by atoms with Gasteiger partial charge in [0.05, 0.1) is 25.8 Å². The Bertz CT molecular complexity index is 3590. The molecule has 410 valence electrons. The number of nitrogens with zero attached hydrogens (tertiary/aromatic N) is 2. The summed E-state index contributed by atoms with van der Waals surface area (Å²) in [4.78, 5) is -0.215. The zero-order valence-corrected chi connectivity index (χ0v) is 43.6. The van der Waals surface area contributed by atoms with Crippen molar-refractivity contribution in [3.63, 3.8) is 0 Å². The number of halogens is 13. The molecule has 0 saturated carbocycles. The third-order valence-electron chi connectivity index (χ3n) is 11.5. The molecule has 10 nitrogen and oxygen atoms in total. The quantitative estimate of drug-likeness (QED) is 0.0509. The molecule has 0 aliphatic heterocycles. The largest absolute Gasteiger partial charge is 0.487 e. The molecule has 0 fully saturated rings. The van der Waals surface area contributed by atoms with Gasteiger partial charge in [0, 0.05) is 40.7 Å². The highest BCUT2D eigenvalue weighted by Crippen LogP contribution is 2.32. The Morgan fingerprint density at radius 3 is 1.42 bits per heavy atom. The summed E-state index contributed by atoms with van der Waals surface area (Å²) in [5.41, 5.74) is 2.88. The lowest BCUT2D eigenvalue weighted by Crippen LogP contribution is -2.33. The Morgan fingerprint density at radius 1 is 0.558 bits per heavy atom. The molecule has 0 atom stereocenters. The predicted octanol–water partition coefficient (Wildman–Crippen LogP) is 12.8. The smallest absolute Gasteiger partial charge is 0.340 e. The normalized spacial score (nSPS) is 12.4. The van der Waals surface area contributed by atoms with Crippen LogP contribution in [0.15, 0.2) is 154 Å². The van der Waals surface area contributed by atoms with Gasteiger partial charge in [-0.05, 0) is 151 Å². The van der Waals surface area contributed by atoms with Crippen LogP contribution in [0.4, 0.5) is 48.3 Å². The highest BCUT2D eigenvalue weighted by Gasteiger charge is 2.42. The molecule has 0 amide bonds. The first-order valence-corrected chi connectivity index (χ1v) is 26.9. The highest BCUT2D eigenvalue weighted by molar-refractivity contribution is 9.10. The van der Waals surface area contributed by atoms with Crippen molar-refractivity contribution in [2.75, 3.05) is 26.3 Å². The summed E-state index contributed by atoms with van der Waals surface area (Å²) in [6.07, 6.45) is -4.10. The second kappa shape index (κ2) is 24.7. The van der Waals surface area contributed by atoms with E-state index in [2.05, 4.69) is 26.6 Å². The van der Waals surface area contributed by atoms with Crippen molar-refractivity contribution in [3.8, 4) is 11.5 Å². The molecule has 2 N–H and O–H groups in total. The van der Waals surface area contributed by atoms with Crippen molar-refractivity contribution < 1.29 is 74.6 Å². The van der Waals surface area contributed by atoms with E-state index in [1.165, 1.54) is 85.2 Å². The summed E-state index contributed by atoms with van der Waals surface area (Å²) in [5, 5.41) is 6.99. The fourth-order valence-electron chi connectivity index (χ4n) is 7.63. The lowest BCUT2D eigenvalue weighted by atomic mass is 10.1. The minimum absolute atomic E-state index is 0.00539. The van der Waals surface area contributed by atoms with Crippen molar-refractivity contribution in [1.29, 1.82) is 0 Å². The minimum atomic E-state index is -4.27. The third kappa shape index (κ3) is 14.5. The van der Waals surface area contributed by atoms with Crippen molar-refractivity contribution in [1.82, 2.24) is 18.6 Å². The van der Waals surface area contributed by atoms with E-state index in [0.29, 0.717) is 65.5 Å². The standard InChI is InChI=1S/C26H22BrF5N2O3S.C26H21ClF6N2O3S/c27-19-4-7-22(8-5-19)38(35,36)34-15-18(23-9-6-20(28)13-24(23)34)10-11-33-14-17-2-1-3-21(12-17)37-16-26(31,32)25(29)30;27-22-12-20(5-7-23(22)29)39(36,37)35-14-17(21-6-4-18(28)11-24(21)35)8-9-34-13-16-2-1-3-19(10-16)38-15-26(32,33)25(30)31/h1-9,12-13,15,25,33H,10-11,14,16H2;1-7,10-12,14,25,34H,8-9,13,15H2. The Labute approximate surface area is 447 Å². The lowest BCUT2D eigenvalue weighted by Gasteiger charge is -2.16.